The third-order valence-corrected chi connectivity index (χ3v) is 5.61. The van der Waals surface area contributed by atoms with Crippen LogP contribution in [0.5, 0.6) is 0 Å². The number of aromatic nitrogens is 2. The molecule has 0 atom stereocenters. The van der Waals surface area contributed by atoms with Gasteiger partial charge in [-0.3, -0.25) is 29.8 Å². The Labute approximate surface area is 218 Å². The summed E-state index contributed by atoms with van der Waals surface area (Å²) in [6.45, 7) is 0. The zero-order chi connectivity index (χ0) is 26.8. The summed E-state index contributed by atoms with van der Waals surface area (Å²) in [6.07, 6.45) is 0. The molecule has 13 heteroatoms. The fraction of sp³-hybridized carbons (Fsp3) is 0. The highest BCUT2D eigenvalue weighted by Gasteiger charge is 2.18. The van der Waals surface area contributed by atoms with Crippen LogP contribution in [0.4, 0.5) is 22.7 Å². The predicted octanol–water partition coefficient (Wildman–Crippen LogP) is 4.28. The van der Waals surface area contributed by atoms with Crippen LogP contribution in [0.15, 0.2) is 84.9 Å². The number of amides is 2. The van der Waals surface area contributed by atoms with Crippen molar-refractivity contribution in [2.24, 2.45) is 0 Å². The lowest BCUT2D eigenvalue weighted by molar-refractivity contribution is -0.385. The molecule has 0 bridgehead atoms. The molecule has 1 heterocycles. The van der Waals surface area contributed by atoms with E-state index in [1.165, 1.54) is 48.5 Å². The minimum atomic E-state index is -0.660. The first kappa shape index (κ1) is 26.2. The topological polar surface area (TPSA) is 202 Å². The van der Waals surface area contributed by atoms with Crippen molar-refractivity contribution in [3.63, 3.8) is 0 Å². The van der Waals surface area contributed by atoms with E-state index >= 15 is 0 Å². The van der Waals surface area contributed by atoms with Gasteiger partial charge in [0.15, 0.2) is 0 Å². The second-order valence-electron chi connectivity index (χ2n) is 8.12. The summed E-state index contributed by atoms with van der Waals surface area (Å²) >= 11 is 0. The monoisotopic (exact) mass is 526 g/mol. The fourth-order valence-corrected chi connectivity index (χ4v) is 3.79. The summed E-state index contributed by atoms with van der Waals surface area (Å²) in [6, 6.07) is 20.6. The second-order valence-corrected chi connectivity index (χ2v) is 8.12. The molecule has 0 saturated carbocycles. The van der Waals surface area contributed by atoms with E-state index in [1.54, 1.807) is 12.1 Å². The molecule has 0 aliphatic rings. The smallest absolute Gasteiger partial charge is 0.270 e. The van der Waals surface area contributed by atoms with Crippen LogP contribution >= 0.6 is 0 Å². The summed E-state index contributed by atoms with van der Waals surface area (Å²) in [7, 11) is 0. The van der Waals surface area contributed by atoms with E-state index in [4.69, 9.17) is 0 Å². The summed E-state index contributed by atoms with van der Waals surface area (Å²) in [5, 5.41) is 27.6. The van der Waals surface area contributed by atoms with E-state index in [2.05, 4.69) is 20.6 Å². The van der Waals surface area contributed by atoms with E-state index in [9.17, 15) is 29.8 Å². The molecule has 4 N–H and O–H groups in total. The number of hydrogen-bond donors (Lipinski definition) is 2. The van der Waals surface area contributed by atoms with Gasteiger partial charge in [0.25, 0.3) is 23.2 Å². The van der Waals surface area contributed by atoms with Crippen molar-refractivity contribution in [2.45, 2.75) is 0 Å². The lowest BCUT2D eigenvalue weighted by Crippen LogP contribution is -2.17. The number of hydrogen-bond acceptors (Lipinski definition) is 8. The number of carbonyl (C=O) groups is 2. The highest BCUT2D eigenvalue weighted by atomic mass is 16.6. The molecule has 4 aromatic carbocycles. The summed E-state index contributed by atoms with van der Waals surface area (Å²) in [5.41, 5.74) is 1.92. The molecule has 0 saturated heterocycles. The maximum Gasteiger partial charge on any atom is 0.270 e. The first-order valence-electron chi connectivity index (χ1n) is 11.1. The average molecular weight is 526 g/mol. The third kappa shape index (κ3) is 5.47. The van der Waals surface area contributed by atoms with Gasteiger partial charge >= 0.3 is 0 Å². The molecule has 2 amide bonds. The molecule has 0 unspecified atom stereocenters. The maximum absolute atomic E-state index is 13.0. The Balaban J connectivity index is 0.00000353. The van der Waals surface area contributed by atoms with Crippen LogP contribution < -0.4 is 10.6 Å². The van der Waals surface area contributed by atoms with E-state index in [0.29, 0.717) is 22.1 Å². The highest BCUT2D eigenvalue weighted by Crippen LogP contribution is 2.30. The molecular weight excluding hydrogens is 508 g/mol. The standard InChI is InChI=1S/C26H16N6O6.H2O/c33-25(15-5-3-7-17(11-15)31(35)36)29-23-13-21-22(28-20-10-2-1-9-19(20)27-21)14-24(23)30-26(34)16-6-4-8-18(12-16)32(37)38;/h1-14H,(H,29,33)(H,30,34);1H2. The SMILES string of the molecule is O.O=C(Nc1cc2nc3ccccc3nc2cc1NC(=O)c1cccc([N+](=O)[O-])c1)c1cccc([N+](=O)[O-])c1. The van der Waals surface area contributed by atoms with Gasteiger partial charge < -0.3 is 16.1 Å². The Morgan fingerprint density at radius 2 is 1.00 bits per heavy atom. The molecule has 0 spiro atoms. The van der Waals surface area contributed by atoms with Gasteiger partial charge in [0.2, 0.25) is 0 Å². The first-order valence-corrected chi connectivity index (χ1v) is 11.1. The molecule has 0 aliphatic carbocycles. The van der Waals surface area contributed by atoms with Crippen molar-refractivity contribution in [1.29, 1.82) is 0 Å². The van der Waals surface area contributed by atoms with Crippen LogP contribution in [0.3, 0.4) is 0 Å². The fourth-order valence-electron chi connectivity index (χ4n) is 3.79. The van der Waals surface area contributed by atoms with Gasteiger partial charge in [-0.15, -0.1) is 0 Å². The zero-order valence-electron chi connectivity index (χ0n) is 19.8. The normalized spacial score (nSPS) is 10.5. The Kier molecular flexibility index (Phi) is 7.17. The van der Waals surface area contributed by atoms with Crippen molar-refractivity contribution >= 4 is 56.6 Å². The number of fused-ring (bicyclic) bond motifs is 2. The van der Waals surface area contributed by atoms with Gasteiger partial charge in [-0.1, -0.05) is 24.3 Å². The Morgan fingerprint density at radius 1 is 0.590 bits per heavy atom. The van der Waals surface area contributed by atoms with Crippen molar-refractivity contribution < 1.29 is 24.9 Å². The molecule has 13 nitrogen and oxygen atoms in total. The average Bonchev–Trinajstić information content (AvgIpc) is 2.92. The zero-order valence-corrected chi connectivity index (χ0v) is 19.8. The second kappa shape index (κ2) is 10.7. The van der Waals surface area contributed by atoms with Gasteiger partial charge in [-0.2, -0.15) is 0 Å². The highest BCUT2D eigenvalue weighted by molar-refractivity contribution is 6.12. The maximum atomic E-state index is 13.0. The first-order chi connectivity index (χ1) is 18.3. The predicted molar refractivity (Wildman–Crippen MR) is 143 cm³/mol. The number of rotatable bonds is 6. The molecule has 39 heavy (non-hydrogen) atoms. The number of non-ortho nitro benzene ring substituents is 2. The van der Waals surface area contributed by atoms with Crippen LogP contribution in [-0.4, -0.2) is 37.1 Å². The van der Waals surface area contributed by atoms with Crippen molar-refractivity contribution in [3.8, 4) is 0 Å². The number of nitrogens with zero attached hydrogens (tertiary/aromatic N) is 4. The number of nitro benzene ring substituents is 2. The van der Waals surface area contributed by atoms with Gasteiger partial charge in [0.05, 0.1) is 43.3 Å². The Morgan fingerprint density at radius 3 is 1.38 bits per heavy atom. The number of nitrogens with one attached hydrogen (secondary N) is 2. The lowest BCUT2D eigenvalue weighted by Gasteiger charge is -2.14. The van der Waals surface area contributed by atoms with E-state index < -0.39 is 21.7 Å². The molecule has 0 radical (unpaired) electrons. The van der Waals surface area contributed by atoms with Gasteiger partial charge in [0, 0.05) is 35.4 Å². The van der Waals surface area contributed by atoms with Crippen LogP contribution in [0.1, 0.15) is 20.7 Å². The van der Waals surface area contributed by atoms with Crippen LogP contribution in [-0.2, 0) is 0 Å². The van der Waals surface area contributed by atoms with Crippen molar-refractivity contribution in [3.05, 3.63) is 116 Å². The quantitative estimate of drug-likeness (QED) is 0.185. The van der Waals surface area contributed by atoms with Gasteiger partial charge in [-0.05, 0) is 36.4 Å². The summed E-state index contributed by atoms with van der Waals surface area (Å²) < 4.78 is 0. The number of para-hydroxylation sites is 2. The van der Waals surface area contributed by atoms with Crippen LogP contribution in [0.2, 0.25) is 0 Å². The van der Waals surface area contributed by atoms with Crippen molar-refractivity contribution in [2.75, 3.05) is 10.6 Å². The Bertz CT molecular complexity index is 1660. The molecule has 0 fully saturated rings. The summed E-state index contributed by atoms with van der Waals surface area (Å²) in [4.78, 5) is 56.2. The molecule has 5 aromatic rings. The van der Waals surface area contributed by atoms with Crippen LogP contribution in [0, 0.1) is 20.2 Å². The number of carbonyl (C=O) groups excluding carboxylic acids is 2. The van der Waals surface area contributed by atoms with Gasteiger partial charge in [0.1, 0.15) is 0 Å². The van der Waals surface area contributed by atoms with Gasteiger partial charge in [-0.25, -0.2) is 9.97 Å². The molecule has 0 aliphatic heterocycles. The Hall–Kier alpha value is -5.82. The molecule has 5 rings (SSSR count). The number of benzene rings is 4. The van der Waals surface area contributed by atoms with E-state index in [-0.39, 0.29) is 39.4 Å². The van der Waals surface area contributed by atoms with Crippen molar-refractivity contribution in [1.82, 2.24) is 9.97 Å². The van der Waals surface area contributed by atoms with E-state index in [0.717, 1.165) is 12.1 Å². The molecule has 1 aromatic heterocycles. The number of anilines is 2. The lowest BCUT2D eigenvalue weighted by atomic mass is 10.1. The minimum Gasteiger partial charge on any atom is -0.412 e. The largest absolute Gasteiger partial charge is 0.412 e. The molecule has 194 valence electrons. The van der Waals surface area contributed by atoms with Crippen LogP contribution in [0.25, 0.3) is 22.1 Å². The minimum absolute atomic E-state index is 0. The molecular formula is C26H18N6O7. The van der Waals surface area contributed by atoms with E-state index in [1.807, 2.05) is 12.1 Å². The summed E-state index contributed by atoms with van der Waals surface area (Å²) in [5.74, 6) is -1.32. The third-order valence-electron chi connectivity index (χ3n) is 5.61. The number of nitro groups is 2.